The number of halogens is 3. The van der Waals surface area contributed by atoms with Crippen LogP contribution in [0.2, 0.25) is 0 Å². The number of hydrogen-bond acceptors (Lipinski definition) is 4. The van der Waals surface area contributed by atoms with Gasteiger partial charge in [0.2, 0.25) is 0 Å². The van der Waals surface area contributed by atoms with Crippen molar-refractivity contribution < 1.29 is 21.6 Å². The summed E-state index contributed by atoms with van der Waals surface area (Å²) in [6.45, 7) is 1.97. The Morgan fingerprint density at radius 3 is 2.41 bits per heavy atom. The van der Waals surface area contributed by atoms with Crippen LogP contribution in [-0.2, 0) is 27.5 Å². The zero-order chi connectivity index (χ0) is 19.7. The maximum absolute atomic E-state index is 12.8. The van der Waals surface area contributed by atoms with E-state index in [1.165, 1.54) is 23.5 Å². The first-order chi connectivity index (χ1) is 12.6. The highest BCUT2D eigenvalue weighted by atomic mass is 32.2. The highest BCUT2D eigenvalue weighted by Gasteiger charge is 2.30. The van der Waals surface area contributed by atoms with Crippen LogP contribution in [0.4, 0.5) is 13.2 Å². The summed E-state index contributed by atoms with van der Waals surface area (Å²) in [6.07, 6.45) is -4.50. The van der Waals surface area contributed by atoms with Crippen LogP contribution in [0.3, 0.4) is 0 Å². The Hall–Kier alpha value is -2.19. The van der Waals surface area contributed by atoms with E-state index in [1.807, 2.05) is 31.2 Å². The van der Waals surface area contributed by atoms with Gasteiger partial charge >= 0.3 is 6.18 Å². The molecule has 1 aromatic heterocycles. The van der Waals surface area contributed by atoms with E-state index in [4.69, 9.17) is 0 Å². The predicted molar refractivity (Wildman–Crippen MR) is 100 cm³/mol. The molecule has 0 spiro atoms. The van der Waals surface area contributed by atoms with Crippen molar-refractivity contribution in [3.8, 4) is 11.3 Å². The molecule has 0 radical (unpaired) electrons. The van der Waals surface area contributed by atoms with E-state index in [1.54, 1.807) is 5.38 Å². The highest BCUT2D eigenvalue weighted by molar-refractivity contribution is 7.89. The summed E-state index contributed by atoms with van der Waals surface area (Å²) >= 11 is 1.22. The molecule has 0 aliphatic carbocycles. The Bertz CT molecular complexity index is 1040. The van der Waals surface area contributed by atoms with Crippen LogP contribution >= 0.6 is 11.3 Å². The van der Waals surface area contributed by atoms with Crippen molar-refractivity contribution in [3.63, 3.8) is 0 Å². The summed E-state index contributed by atoms with van der Waals surface area (Å²) in [5.41, 5.74) is 1.94. The van der Waals surface area contributed by atoms with E-state index in [9.17, 15) is 21.6 Å². The van der Waals surface area contributed by atoms with Crippen molar-refractivity contribution in [2.24, 2.45) is 0 Å². The smallest absolute Gasteiger partial charge is 0.240 e. The third kappa shape index (κ3) is 5.17. The molecule has 8 heteroatoms. The Morgan fingerprint density at radius 2 is 1.74 bits per heavy atom. The Balaban J connectivity index is 1.75. The topological polar surface area (TPSA) is 47.0 Å². The summed E-state index contributed by atoms with van der Waals surface area (Å²) in [5.74, 6) is -0.768. The van der Waals surface area contributed by atoms with Crippen molar-refractivity contribution in [3.05, 3.63) is 75.6 Å². The van der Waals surface area contributed by atoms with E-state index in [2.05, 4.69) is 4.98 Å². The Kier molecular flexibility index (Phi) is 5.39. The van der Waals surface area contributed by atoms with Gasteiger partial charge in [0, 0.05) is 10.9 Å². The van der Waals surface area contributed by atoms with Crippen LogP contribution < -0.4 is 0 Å². The number of nitrogens with zero attached hydrogens (tertiary/aromatic N) is 1. The molecule has 0 fully saturated rings. The minimum atomic E-state index is -4.50. The number of sulfone groups is 1. The van der Waals surface area contributed by atoms with Crippen molar-refractivity contribution in [2.75, 3.05) is 0 Å². The molecule has 3 aromatic rings. The van der Waals surface area contributed by atoms with E-state index in [0.717, 1.165) is 23.3 Å². The monoisotopic (exact) mass is 411 g/mol. The molecule has 0 amide bonds. The van der Waals surface area contributed by atoms with Crippen LogP contribution in [0.1, 0.15) is 21.7 Å². The fourth-order valence-electron chi connectivity index (χ4n) is 2.56. The van der Waals surface area contributed by atoms with Gasteiger partial charge in [0.15, 0.2) is 9.84 Å². The van der Waals surface area contributed by atoms with Gasteiger partial charge in [-0.25, -0.2) is 13.4 Å². The standard InChI is InChI=1S/C19H16F3NO2S2/c1-13-5-7-15(8-6-13)17-10-26-18(23-17)12-27(24,25)11-14-3-2-4-16(9-14)19(20,21)22/h2-10H,11-12H2,1H3. The molecule has 0 bridgehead atoms. The zero-order valence-corrected chi connectivity index (χ0v) is 16.0. The largest absolute Gasteiger partial charge is 0.416 e. The maximum atomic E-state index is 12.8. The third-order valence-electron chi connectivity index (χ3n) is 3.88. The molecule has 0 unspecified atom stereocenters. The van der Waals surface area contributed by atoms with Gasteiger partial charge in [0.1, 0.15) is 10.8 Å². The Morgan fingerprint density at radius 1 is 1.04 bits per heavy atom. The SMILES string of the molecule is Cc1ccc(-c2csc(CS(=O)(=O)Cc3cccc(C(F)(F)F)c3)n2)cc1. The van der Waals surface area contributed by atoms with Crippen LogP contribution in [0.15, 0.2) is 53.9 Å². The normalized spacial score (nSPS) is 12.3. The van der Waals surface area contributed by atoms with Gasteiger partial charge < -0.3 is 0 Å². The van der Waals surface area contributed by atoms with Gasteiger partial charge in [-0.2, -0.15) is 13.2 Å². The molecule has 2 aromatic carbocycles. The number of rotatable bonds is 5. The molecule has 142 valence electrons. The van der Waals surface area contributed by atoms with Gasteiger partial charge in [-0.05, 0) is 18.6 Å². The molecule has 27 heavy (non-hydrogen) atoms. The fraction of sp³-hybridized carbons (Fsp3) is 0.211. The van der Waals surface area contributed by atoms with Crippen LogP contribution in [0.25, 0.3) is 11.3 Å². The van der Waals surface area contributed by atoms with E-state index in [0.29, 0.717) is 10.7 Å². The van der Waals surface area contributed by atoms with Crippen molar-refractivity contribution in [1.29, 1.82) is 0 Å². The van der Waals surface area contributed by atoms with Crippen LogP contribution in [0.5, 0.6) is 0 Å². The quantitative estimate of drug-likeness (QED) is 0.576. The van der Waals surface area contributed by atoms with E-state index < -0.39 is 27.3 Å². The number of aryl methyl sites for hydroxylation is 1. The Labute approximate surface area is 159 Å². The summed E-state index contributed by atoms with van der Waals surface area (Å²) in [5, 5.41) is 2.19. The summed E-state index contributed by atoms with van der Waals surface area (Å²) in [7, 11) is -3.64. The number of alkyl halides is 3. The molecule has 0 saturated heterocycles. The molecule has 1 heterocycles. The molecular formula is C19H16F3NO2S2. The second-order valence-corrected chi connectivity index (χ2v) is 9.23. The third-order valence-corrected chi connectivity index (χ3v) is 6.40. The van der Waals surface area contributed by atoms with Gasteiger partial charge in [-0.15, -0.1) is 11.3 Å². The molecular weight excluding hydrogens is 395 g/mol. The minimum Gasteiger partial charge on any atom is -0.240 e. The highest BCUT2D eigenvalue weighted by Crippen LogP contribution is 2.30. The second-order valence-electron chi connectivity index (χ2n) is 6.22. The first kappa shape index (κ1) is 19.6. The summed E-state index contributed by atoms with van der Waals surface area (Å²) in [6, 6.07) is 12.1. The van der Waals surface area contributed by atoms with Gasteiger partial charge in [-0.3, -0.25) is 0 Å². The molecule has 0 aliphatic rings. The van der Waals surface area contributed by atoms with Crippen LogP contribution in [-0.4, -0.2) is 13.4 Å². The lowest BCUT2D eigenvalue weighted by Gasteiger charge is -2.09. The van der Waals surface area contributed by atoms with Crippen molar-refractivity contribution in [2.45, 2.75) is 24.6 Å². The maximum Gasteiger partial charge on any atom is 0.416 e. The first-order valence-corrected chi connectivity index (χ1v) is 10.7. The average Bonchev–Trinajstić information content (AvgIpc) is 3.02. The fourth-order valence-corrected chi connectivity index (χ4v) is 5.19. The number of thiazole rings is 1. The molecule has 0 N–H and O–H groups in total. The molecule has 0 saturated carbocycles. The number of hydrogen-bond donors (Lipinski definition) is 0. The number of benzene rings is 2. The first-order valence-electron chi connectivity index (χ1n) is 8.00. The van der Waals surface area contributed by atoms with Crippen molar-refractivity contribution >= 4 is 21.2 Å². The molecule has 3 rings (SSSR count). The molecule has 0 aliphatic heterocycles. The summed E-state index contributed by atoms with van der Waals surface area (Å²) < 4.78 is 63.1. The van der Waals surface area contributed by atoms with Gasteiger partial charge in [0.05, 0.1) is 17.0 Å². The van der Waals surface area contributed by atoms with Gasteiger partial charge in [-0.1, -0.05) is 48.0 Å². The minimum absolute atomic E-state index is 0.111. The van der Waals surface area contributed by atoms with Crippen LogP contribution in [0, 0.1) is 6.92 Å². The predicted octanol–water partition coefficient (Wildman–Crippen LogP) is 5.25. The van der Waals surface area contributed by atoms with E-state index >= 15 is 0 Å². The van der Waals surface area contributed by atoms with Gasteiger partial charge in [0.25, 0.3) is 0 Å². The lowest BCUT2D eigenvalue weighted by Crippen LogP contribution is -2.10. The number of aromatic nitrogens is 1. The molecule has 0 atom stereocenters. The summed E-state index contributed by atoms with van der Waals surface area (Å²) in [4.78, 5) is 4.35. The lowest BCUT2D eigenvalue weighted by atomic mass is 10.1. The average molecular weight is 411 g/mol. The van der Waals surface area contributed by atoms with E-state index in [-0.39, 0.29) is 11.3 Å². The lowest BCUT2D eigenvalue weighted by molar-refractivity contribution is -0.137. The second kappa shape index (κ2) is 7.44. The van der Waals surface area contributed by atoms with Crippen molar-refractivity contribution in [1.82, 2.24) is 4.98 Å². The molecule has 3 nitrogen and oxygen atoms in total. The zero-order valence-electron chi connectivity index (χ0n) is 14.3.